The van der Waals surface area contributed by atoms with Gasteiger partial charge in [0.25, 0.3) is 0 Å². The Morgan fingerprint density at radius 3 is 0.783 bits per heavy atom. The topological polar surface area (TPSA) is 78.9 Å². The average Bonchev–Trinajstić information content (AvgIpc) is 3.49. The third-order valence-corrected chi connectivity index (χ3v) is 15.6. The Kier molecular flexibility index (Phi) is 67.7. The summed E-state index contributed by atoms with van der Waals surface area (Å²) in [5, 5.41) is 0. The Morgan fingerprint density at radius 1 is 0.253 bits per heavy atom. The fourth-order valence-electron chi connectivity index (χ4n) is 10.3. The first kappa shape index (κ1) is 79.3. The summed E-state index contributed by atoms with van der Waals surface area (Å²) in [5.74, 6) is -0.947. The minimum absolute atomic E-state index is 0.0958. The summed E-state index contributed by atoms with van der Waals surface area (Å²) in [7, 11) is 0. The largest absolute Gasteiger partial charge is 0.462 e. The maximum atomic E-state index is 13.0. The lowest BCUT2D eigenvalue weighted by Gasteiger charge is -2.18. The van der Waals surface area contributed by atoms with Crippen molar-refractivity contribution in [1.29, 1.82) is 0 Å². The number of carbonyl (C=O) groups excluding carboxylic acids is 3. The fourth-order valence-corrected chi connectivity index (χ4v) is 10.3. The first-order valence-corrected chi connectivity index (χ1v) is 35.7. The second-order valence-electron chi connectivity index (χ2n) is 23.8. The van der Waals surface area contributed by atoms with Crippen LogP contribution in [-0.4, -0.2) is 37.2 Å². The van der Waals surface area contributed by atoms with Crippen LogP contribution in [0.5, 0.6) is 0 Å². The van der Waals surface area contributed by atoms with Gasteiger partial charge in [0, 0.05) is 19.3 Å². The third kappa shape index (κ3) is 69.0. The van der Waals surface area contributed by atoms with Crippen LogP contribution >= 0.6 is 0 Å². The SMILES string of the molecule is CC/C=C\C/C=C\C/C=C\C/C=C\C/C=C\CCCC(=O)OCC(COC(=O)CCCCCCCCCCCCCCCCCCCCCCCCCCC)OC(=O)CCCCCCCCCC/C=C\C/C=C\C/C=C\CCCCCCC. The molecule has 0 aliphatic carbocycles. The van der Waals surface area contributed by atoms with E-state index in [0.29, 0.717) is 19.3 Å². The average molecular weight is 1160 g/mol. The molecule has 6 nitrogen and oxygen atoms in total. The molecule has 0 N–H and O–H groups in total. The monoisotopic (exact) mass is 1160 g/mol. The van der Waals surface area contributed by atoms with E-state index in [1.807, 2.05) is 0 Å². The molecule has 0 aliphatic rings. The highest BCUT2D eigenvalue weighted by Crippen LogP contribution is 2.18. The molecule has 0 heterocycles. The Bertz CT molecular complexity index is 1610. The lowest BCUT2D eigenvalue weighted by molar-refractivity contribution is -0.167. The van der Waals surface area contributed by atoms with Crippen molar-refractivity contribution >= 4 is 17.9 Å². The molecule has 0 fully saturated rings. The smallest absolute Gasteiger partial charge is 0.306 e. The molecule has 0 aromatic carbocycles. The standard InChI is InChI=1S/C77H134O6/c1-4-7-10-13-16-19-22-25-28-31-33-35-37-38-40-41-43-46-49-52-55-58-61-64-67-70-76(79)82-73-74(72-81-75(78)69-66-63-60-57-54-51-48-45-30-27-24-21-18-15-12-9-6-3)83-77(80)71-68-65-62-59-56-53-50-47-44-42-39-36-34-32-29-26-23-20-17-14-11-8-5-2/h9,12,18,21,23,26-27,30,32,34,39,42,48,51,57,60,74H,4-8,10-11,13-17,19-20,22,24-25,28-29,31,33,35-38,40-41,43-47,49-50,52-56,58-59,61-73H2,1-3H3/b12-9-,21-18-,26-23-,30-27-,34-32-,42-39-,51-48-,60-57-. The Morgan fingerprint density at radius 2 is 0.482 bits per heavy atom. The Balaban J connectivity index is 4.39. The van der Waals surface area contributed by atoms with Crippen molar-refractivity contribution in [3.05, 3.63) is 97.2 Å². The normalized spacial score (nSPS) is 12.7. The lowest BCUT2D eigenvalue weighted by atomic mass is 10.0. The predicted octanol–water partition coefficient (Wildman–Crippen LogP) is 24.8. The predicted molar refractivity (Wildman–Crippen MR) is 362 cm³/mol. The van der Waals surface area contributed by atoms with Crippen molar-refractivity contribution in [3.63, 3.8) is 0 Å². The summed E-state index contributed by atoms with van der Waals surface area (Å²) in [6.45, 7) is 6.51. The highest BCUT2D eigenvalue weighted by atomic mass is 16.6. The highest BCUT2D eigenvalue weighted by molar-refractivity contribution is 5.71. The Hall–Kier alpha value is -3.67. The van der Waals surface area contributed by atoms with E-state index in [9.17, 15) is 14.4 Å². The lowest BCUT2D eigenvalue weighted by Crippen LogP contribution is -2.30. The van der Waals surface area contributed by atoms with Crippen LogP contribution in [0.25, 0.3) is 0 Å². The van der Waals surface area contributed by atoms with Crippen molar-refractivity contribution < 1.29 is 28.6 Å². The molecule has 6 heteroatoms. The number of unbranched alkanes of at least 4 members (excludes halogenated alkanes) is 38. The van der Waals surface area contributed by atoms with Gasteiger partial charge in [-0.05, 0) is 96.3 Å². The van der Waals surface area contributed by atoms with Gasteiger partial charge in [0.2, 0.25) is 0 Å². The quantitative estimate of drug-likeness (QED) is 0.0261. The molecule has 0 amide bonds. The van der Waals surface area contributed by atoms with Gasteiger partial charge in [-0.2, -0.15) is 0 Å². The second-order valence-corrected chi connectivity index (χ2v) is 23.8. The van der Waals surface area contributed by atoms with Crippen molar-refractivity contribution in [3.8, 4) is 0 Å². The number of rotatable bonds is 65. The minimum Gasteiger partial charge on any atom is -0.462 e. The van der Waals surface area contributed by atoms with Gasteiger partial charge in [-0.15, -0.1) is 0 Å². The van der Waals surface area contributed by atoms with Crippen LogP contribution in [0.3, 0.4) is 0 Å². The van der Waals surface area contributed by atoms with Crippen LogP contribution in [-0.2, 0) is 28.6 Å². The summed E-state index contributed by atoms with van der Waals surface area (Å²) in [6, 6.07) is 0. The van der Waals surface area contributed by atoms with Gasteiger partial charge < -0.3 is 14.2 Å². The van der Waals surface area contributed by atoms with Gasteiger partial charge >= 0.3 is 17.9 Å². The number of allylic oxidation sites excluding steroid dienone is 16. The number of esters is 3. The zero-order chi connectivity index (χ0) is 59.9. The van der Waals surface area contributed by atoms with Crippen LogP contribution in [0.4, 0.5) is 0 Å². The van der Waals surface area contributed by atoms with Crippen LogP contribution < -0.4 is 0 Å². The van der Waals surface area contributed by atoms with Crippen LogP contribution in [0.1, 0.15) is 355 Å². The van der Waals surface area contributed by atoms with Crippen molar-refractivity contribution in [1.82, 2.24) is 0 Å². The second kappa shape index (κ2) is 70.8. The summed E-state index contributed by atoms with van der Waals surface area (Å²) in [6.07, 6.45) is 95.9. The molecule has 0 bridgehead atoms. The zero-order valence-corrected chi connectivity index (χ0v) is 54.9. The van der Waals surface area contributed by atoms with Gasteiger partial charge in [0.05, 0.1) is 0 Å². The minimum atomic E-state index is -0.807. The van der Waals surface area contributed by atoms with Gasteiger partial charge in [0.15, 0.2) is 6.10 Å². The molecule has 83 heavy (non-hydrogen) atoms. The van der Waals surface area contributed by atoms with E-state index in [-0.39, 0.29) is 37.5 Å². The molecule has 1 atom stereocenters. The van der Waals surface area contributed by atoms with Gasteiger partial charge in [-0.25, -0.2) is 0 Å². The van der Waals surface area contributed by atoms with Gasteiger partial charge in [0.1, 0.15) is 13.2 Å². The van der Waals surface area contributed by atoms with Crippen LogP contribution in [0.2, 0.25) is 0 Å². The third-order valence-electron chi connectivity index (χ3n) is 15.6. The molecule has 0 saturated carbocycles. The molecule has 478 valence electrons. The van der Waals surface area contributed by atoms with Crippen molar-refractivity contribution in [2.24, 2.45) is 0 Å². The molecule has 1 unspecified atom stereocenters. The van der Waals surface area contributed by atoms with Gasteiger partial charge in [-0.3, -0.25) is 14.4 Å². The molecular formula is C77H134O6. The van der Waals surface area contributed by atoms with E-state index in [2.05, 4.69) is 118 Å². The van der Waals surface area contributed by atoms with Gasteiger partial charge in [-0.1, -0.05) is 336 Å². The van der Waals surface area contributed by atoms with E-state index in [1.165, 1.54) is 212 Å². The fraction of sp³-hybridized carbons (Fsp3) is 0.753. The van der Waals surface area contributed by atoms with E-state index in [0.717, 1.165) is 96.3 Å². The molecule has 0 spiro atoms. The molecule has 0 aliphatic heterocycles. The summed E-state index contributed by atoms with van der Waals surface area (Å²) in [4.78, 5) is 38.5. The van der Waals surface area contributed by atoms with E-state index < -0.39 is 6.10 Å². The van der Waals surface area contributed by atoms with Crippen LogP contribution in [0.15, 0.2) is 97.2 Å². The highest BCUT2D eigenvalue weighted by Gasteiger charge is 2.19. The van der Waals surface area contributed by atoms with Crippen molar-refractivity contribution in [2.75, 3.05) is 13.2 Å². The molecule has 0 rings (SSSR count). The summed E-state index contributed by atoms with van der Waals surface area (Å²) < 4.78 is 16.9. The molecule has 0 aromatic rings. The van der Waals surface area contributed by atoms with E-state index >= 15 is 0 Å². The zero-order valence-electron chi connectivity index (χ0n) is 54.9. The van der Waals surface area contributed by atoms with E-state index in [1.54, 1.807) is 0 Å². The maximum absolute atomic E-state index is 13.0. The van der Waals surface area contributed by atoms with E-state index in [4.69, 9.17) is 14.2 Å². The first-order chi connectivity index (χ1) is 41.0. The number of hydrogen-bond donors (Lipinski definition) is 0. The Labute approximate surface area is 515 Å². The first-order valence-electron chi connectivity index (χ1n) is 35.7. The number of ether oxygens (including phenoxy) is 3. The van der Waals surface area contributed by atoms with Crippen molar-refractivity contribution in [2.45, 2.75) is 361 Å². The summed E-state index contributed by atoms with van der Waals surface area (Å²) >= 11 is 0. The maximum Gasteiger partial charge on any atom is 0.306 e. The van der Waals surface area contributed by atoms with Crippen LogP contribution in [0, 0.1) is 0 Å². The molecule has 0 radical (unpaired) electrons. The number of hydrogen-bond acceptors (Lipinski definition) is 6. The molecule has 0 saturated heterocycles. The summed E-state index contributed by atoms with van der Waals surface area (Å²) in [5.41, 5.74) is 0. The molecule has 0 aromatic heterocycles. The molecular weight excluding hydrogens is 1020 g/mol. The number of carbonyl (C=O) groups is 3.